The molecule has 4 aromatic carbocycles. The second-order valence-electron chi connectivity index (χ2n) is 11.3. The van der Waals surface area contributed by atoms with E-state index in [1.165, 1.54) is 17.0 Å². The van der Waals surface area contributed by atoms with Gasteiger partial charge in [0.05, 0.1) is 10.6 Å². The van der Waals surface area contributed by atoms with E-state index in [2.05, 4.69) is 5.32 Å². The summed E-state index contributed by atoms with van der Waals surface area (Å²) in [7, 11) is -4.17. The Kier molecular flexibility index (Phi) is 12.0. The van der Waals surface area contributed by atoms with Crippen LogP contribution < -0.4 is 14.4 Å². The van der Waals surface area contributed by atoms with Gasteiger partial charge in [0.2, 0.25) is 11.8 Å². The first kappa shape index (κ1) is 34.2. The van der Waals surface area contributed by atoms with Gasteiger partial charge < -0.3 is 15.0 Å². The molecule has 4 rings (SSSR count). The van der Waals surface area contributed by atoms with E-state index in [0.717, 1.165) is 21.9 Å². The molecule has 9 heteroatoms. The third kappa shape index (κ3) is 8.97. The van der Waals surface area contributed by atoms with Crippen molar-refractivity contribution in [2.45, 2.75) is 63.9 Å². The highest BCUT2D eigenvalue weighted by molar-refractivity contribution is 7.92. The summed E-state index contributed by atoms with van der Waals surface area (Å²) in [6.07, 6.45) is 1.63. The van der Waals surface area contributed by atoms with E-state index >= 15 is 0 Å². The van der Waals surface area contributed by atoms with Gasteiger partial charge >= 0.3 is 0 Å². The van der Waals surface area contributed by atoms with Crippen LogP contribution in [0.15, 0.2) is 114 Å². The molecule has 46 heavy (non-hydrogen) atoms. The van der Waals surface area contributed by atoms with Gasteiger partial charge in [0.1, 0.15) is 24.1 Å². The molecule has 0 saturated carbocycles. The van der Waals surface area contributed by atoms with Crippen LogP contribution in [-0.2, 0) is 26.0 Å². The molecule has 0 aromatic heterocycles. The maximum Gasteiger partial charge on any atom is 0.264 e. The van der Waals surface area contributed by atoms with Crippen LogP contribution in [0.4, 0.5) is 5.69 Å². The number of aryl methyl sites for hydroxylation is 1. The predicted molar refractivity (Wildman–Crippen MR) is 183 cm³/mol. The Hall–Kier alpha value is -4.63. The molecule has 2 atom stereocenters. The highest BCUT2D eigenvalue weighted by atomic mass is 32.2. The molecule has 4 aromatic rings. The minimum absolute atomic E-state index is 0.0629. The molecule has 0 heterocycles. The first-order valence-corrected chi connectivity index (χ1v) is 17.1. The zero-order valence-electron chi connectivity index (χ0n) is 26.9. The van der Waals surface area contributed by atoms with Crippen LogP contribution in [0.1, 0.15) is 44.7 Å². The Balaban J connectivity index is 1.69. The number of benzene rings is 4. The maximum absolute atomic E-state index is 14.3. The first-order valence-electron chi connectivity index (χ1n) is 15.7. The van der Waals surface area contributed by atoms with Crippen LogP contribution in [0.5, 0.6) is 11.5 Å². The second kappa shape index (κ2) is 16.1. The Morgan fingerprint density at radius 3 is 1.96 bits per heavy atom. The number of nitrogens with one attached hydrogen (secondary N) is 1. The summed E-state index contributed by atoms with van der Waals surface area (Å²) >= 11 is 0. The van der Waals surface area contributed by atoms with E-state index in [1.54, 1.807) is 36.4 Å². The summed E-state index contributed by atoms with van der Waals surface area (Å²) in [5, 5.41) is 3.01. The molecule has 1 N–H and O–H groups in total. The lowest BCUT2D eigenvalue weighted by atomic mass is 10.1. The average molecular weight is 642 g/mol. The number of hydrogen-bond donors (Lipinski definition) is 1. The molecule has 0 fully saturated rings. The zero-order chi connectivity index (χ0) is 33.1. The van der Waals surface area contributed by atoms with Crippen molar-refractivity contribution in [3.63, 3.8) is 0 Å². The van der Waals surface area contributed by atoms with E-state index < -0.39 is 28.5 Å². The molecule has 0 aliphatic rings. The summed E-state index contributed by atoms with van der Waals surface area (Å²) in [6.45, 7) is 7.39. The quantitative estimate of drug-likeness (QED) is 0.155. The average Bonchev–Trinajstić information content (AvgIpc) is 3.06. The maximum atomic E-state index is 14.3. The van der Waals surface area contributed by atoms with Gasteiger partial charge in [-0.05, 0) is 87.2 Å². The van der Waals surface area contributed by atoms with Gasteiger partial charge in [-0.15, -0.1) is 0 Å². The van der Waals surface area contributed by atoms with Crippen molar-refractivity contribution in [1.29, 1.82) is 0 Å². The molecular formula is C37H43N3O5S. The third-order valence-corrected chi connectivity index (χ3v) is 9.65. The molecule has 0 aliphatic heterocycles. The van der Waals surface area contributed by atoms with Gasteiger partial charge in [0.15, 0.2) is 0 Å². The predicted octanol–water partition coefficient (Wildman–Crippen LogP) is 6.75. The molecule has 0 radical (unpaired) electrons. The lowest BCUT2D eigenvalue weighted by molar-refractivity contribution is -0.139. The van der Waals surface area contributed by atoms with Gasteiger partial charge in [-0.3, -0.25) is 13.9 Å². The van der Waals surface area contributed by atoms with Crippen molar-refractivity contribution in [2.75, 3.05) is 17.4 Å². The van der Waals surface area contributed by atoms with Crippen LogP contribution in [0.3, 0.4) is 0 Å². The Morgan fingerprint density at radius 1 is 0.783 bits per heavy atom. The number of nitrogens with zero attached hydrogens (tertiary/aromatic N) is 2. The van der Waals surface area contributed by atoms with Crippen LogP contribution in [-0.4, -0.2) is 50.3 Å². The fourth-order valence-corrected chi connectivity index (χ4v) is 6.42. The van der Waals surface area contributed by atoms with Gasteiger partial charge in [-0.1, -0.05) is 80.1 Å². The molecule has 242 valence electrons. The van der Waals surface area contributed by atoms with Crippen LogP contribution in [0, 0.1) is 6.92 Å². The fourth-order valence-electron chi connectivity index (χ4n) is 5.01. The Bertz CT molecular complexity index is 1660. The molecule has 0 spiro atoms. The van der Waals surface area contributed by atoms with Crippen LogP contribution in [0.25, 0.3) is 0 Å². The third-order valence-electron chi connectivity index (χ3n) is 7.86. The Labute approximate surface area is 273 Å². The summed E-state index contributed by atoms with van der Waals surface area (Å²) in [4.78, 5) is 29.3. The van der Waals surface area contributed by atoms with Gasteiger partial charge in [0, 0.05) is 12.6 Å². The summed E-state index contributed by atoms with van der Waals surface area (Å²) in [5.41, 5.74) is 2.22. The number of hydrogen-bond acceptors (Lipinski definition) is 5. The van der Waals surface area contributed by atoms with Crippen molar-refractivity contribution in [2.24, 2.45) is 0 Å². The summed E-state index contributed by atoms with van der Waals surface area (Å²) in [6, 6.07) is 31.3. The van der Waals surface area contributed by atoms with Gasteiger partial charge in [-0.25, -0.2) is 8.42 Å². The van der Waals surface area contributed by atoms with Crippen molar-refractivity contribution in [3.8, 4) is 11.5 Å². The van der Waals surface area contributed by atoms with E-state index in [4.69, 9.17) is 4.74 Å². The Morgan fingerprint density at radius 2 is 1.37 bits per heavy atom. The van der Waals surface area contributed by atoms with Crippen LogP contribution >= 0.6 is 0 Å². The number of rotatable bonds is 15. The summed E-state index contributed by atoms with van der Waals surface area (Å²) < 4.78 is 35.3. The second-order valence-corrected chi connectivity index (χ2v) is 13.2. The molecule has 0 aliphatic carbocycles. The van der Waals surface area contributed by atoms with E-state index in [0.29, 0.717) is 30.0 Å². The highest BCUT2D eigenvalue weighted by Gasteiger charge is 2.33. The van der Waals surface area contributed by atoms with Crippen molar-refractivity contribution in [3.05, 3.63) is 120 Å². The number of sulfonamides is 1. The normalized spacial score (nSPS) is 12.5. The number of carbonyl (C=O) groups excluding carboxylic acids is 2. The lowest BCUT2D eigenvalue weighted by Gasteiger charge is -2.33. The molecular weight excluding hydrogens is 598 g/mol. The molecule has 0 bridgehead atoms. The largest absolute Gasteiger partial charge is 0.457 e. The minimum Gasteiger partial charge on any atom is -0.457 e. The standard InChI is InChI=1S/C37H43N3O5S/c1-5-29(4)38-37(42)35(6-2)39(26-25-30-13-9-7-10-14-30)36(41)27-40(46(43,44)34-23-17-28(3)18-24-34)31-19-21-33(22-20-31)45-32-15-11-8-12-16-32/h7-24,29,35H,5-6,25-27H2,1-4H3,(H,38,42)/t29-,35+/m1/s1. The topological polar surface area (TPSA) is 96.0 Å². The monoisotopic (exact) mass is 641 g/mol. The fraction of sp³-hybridized carbons (Fsp3) is 0.297. The van der Waals surface area contributed by atoms with E-state index in [9.17, 15) is 18.0 Å². The van der Waals surface area contributed by atoms with E-state index in [1.807, 2.05) is 88.4 Å². The van der Waals surface area contributed by atoms with Crippen molar-refractivity contribution >= 4 is 27.5 Å². The zero-order valence-corrected chi connectivity index (χ0v) is 27.7. The summed E-state index contributed by atoms with van der Waals surface area (Å²) in [5.74, 6) is 0.437. The van der Waals surface area contributed by atoms with Gasteiger partial charge in [0.25, 0.3) is 10.0 Å². The number of para-hydroxylation sites is 1. The number of carbonyl (C=O) groups is 2. The van der Waals surface area contributed by atoms with Crippen molar-refractivity contribution in [1.82, 2.24) is 10.2 Å². The van der Waals surface area contributed by atoms with Crippen molar-refractivity contribution < 1.29 is 22.7 Å². The SMILES string of the molecule is CC[C@@H](C)NC(=O)[C@H](CC)N(CCc1ccccc1)C(=O)CN(c1ccc(Oc2ccccc2)cc1)S(=O)(=O)c1ccc(C)cc1. The molecule has 0 saturated heterocycles. The first-order chi connectivity index (χ1) is 22.1. The smallest absolute Gasteiger partial charge is 0.264 e. The number of anilines is 1. The lowest BCUT2D eigenvalue weighted by Crippen LogP contribution is -2.54. The van der Waals surface area contributed by atoms with Crippen LogP contribution in [0.2, 0.25) is 0 Å². The van der Waals surface area contributed by atoms with Gasteiger partial charge in [-0.2, -0.15) is 0 Å². The molecule has 0 unspecified atom stereocenters. The van der Waals surface area contributed by atoms with E-state index in [-0.39, 0.29) is 23.4 Å². The molecule has 2 amide bonds. The minimum atomic E-state index is -4.17. The number of amides is 2. The highest BCUT2D eigenvalue weighted by Crippen LogP contribution is 2.28. The number of ether oxygens (including phenoxy) is 1. The molecule has 8 nitrogen and oxygen atoms in total.